The van der Waals surface area contributed by atoms with Gasteiger partial charge in [0.2, 0.25) is 5.95 Å². The topological polar surface area (TPSA) is 98.2 Å². The molecule has 2 N–H and O–H groups in total. The highest BCUT2D eigenvalue weighted by molar-refractivity contribution is 5.35. The second-order valence-corrected chi connectivity index (χ2v) is 4.08. The van der Waals surface area contributed by atoms with Crippen LogP contribution in [0.5, 0.6) is 0 Å². The van der Waals surface area contributed by atoms with Crippen LogP contribution in [-0.2, 0) is 0 Å². The maximum Gasteiger partial charge on any atom is 0.305 e. The predicted molar refractivity (Wildman–Crippen MR) is 62.7 cm³/mol. The summed E-state index contributed by atoms with van der Waals surface area (Å²) in [6.45, 7) is 1.42. The number of nitrogens with zero attached hydrogens (tertiary/aromatic N) is 4. The molecule has 1 aliphatic heterocycles. The van der Waals surface area contributed by atoms with Crippen LogP contribution in [-0.4, -0.2) is 34.0 Å². The normalized spacial score (nSPS) is 20.3. The van der Waals surface area contributed by atoms with Crippen molar-refractivity contribution < 1.29 is 4.92 Å². The Kier molecular flexibility index (Phi) is 3.48. The second kappa shape index (κ2) is 5.05. The molecule has 7 nitrogen and oxygen atoms in total. The van der Waals surface area contributed by atoms with E-state index in [1.165, 1.54) is 12.4 Å². The van der Waals surface area contributed by atoms with E-state index in [-0.39, 0.29) is 11.7 Å². The minimum atomic E-state index is -0.500. The average molecular weight is 237 g/mol. The number of rotatable bonds is 3. The lowest BCUT2D eigenvalue weighted by Crippen LogP contribution is -2.45. The monoisotopic (exact) mass is 237 g/mol. The molecule has 7 heteroatoms. The molecule has 1 aliphatic rings. The Bertz CT molecular complexity index is 394. The van der Waals surface area contributed by atoms with E-state index in [2.05, 4.69) is 9.97 Å². The molecule has 0 saturated carbocycles. The van der Waals surface area contributed by atoms with Gasteiger partial charge in [0.15, 0.2) is 0 Å². The molecule has 0 bridgehead atoms. The van der Waals surface area contributed by atoms with E-state index < -0.39 is 4.92 Å². The molecule has 0 aliphatic carbocycles. The van der Waals surface area contributed by atoms with Gasteiger partial charge in [-0.2, -0.15) is 0 Å². The highest BCUT2D eigenvalue weighted by Gasteiger charge is 2.23. The first-order valence-electron chi connectivity index (χ1n) is 5.65. The highest BCUT2D eigenvalue weighted by Crippen LogP contribution is 2.21. The van der Waals surface area contributed by atoms with Gasteiger partial charge in [0.1, 0.15) is 12.4 Å². The van der Waals surface area contributed by atoms with Gasteiger partial charge >= 0.3 is 5.69 Å². The fourth-order valence-electron chi connectivity index (χ4n) is 2.07. The second-order valence-electron chi connectivity index (χ2n) is 4.08. The first-order chi connectivity index (χ1) is 8.22. The van der Waals surface area contributed by atoms with Crippen molar-refractivity contribution in [1.82, 2.24) is 9.97 Å². The van der Waals surface area contributed by atoms with Crippen LogP contribution in [0, 0.1) is 10.1 Å². The number of anilines is 1. The van der Waals surface area contributed by atoms with Crippen molar-refractivity contribution in [2.45, 2.75) is 25.3 Å². The van der Waals surface area contributed by atoms with Gasteiger partial charge in [0.25, 0.3) is 0 Å². The summed E-state index contributed by atoms with van der Waals surface area (Å²) >= 11 is 0. The Morgan fingerprint density at radius 1 is 1.47 bits per heavy atom. The SMILES string of the molecule is NCC1CCCCN1c1ncc([N+](=O)[O-])cn1. The third-order valence-corrected chi connectivity index (χ3v) is 2.99. The molecule has 1 aromatic rings. The summed E-state index contributed by atoms with van der Waals surface area (Å²) in [5, 5.41) is 10.5. The van der Waals surface area contributed by atoms with Crippen molar-refractivity contribution in [3.8, 4) is 0 Å². The minimum absolute atomic E-state index is 0.0879. The van der Waals surface area contributed by atoms with Crippen LogP contribution in [0.15, 0.2) is 12.4 Å². The fraction of sp³-hybridized carbons (Fsp3) is 0.600. The lowest BCUT2D eigenvalue weighted by atomic mass is 10.0. The largest absolute Gasteiger partial charge is 0.337 e. The molecule has 0 radical (unpaired) electrons. The van der Waals surface area contributed by atoms with Crippen LogP contribution in [0.3, 0.4) is 0 Å². The zero-order valence-electron chi connectivity index (χ0n) is 9.45. The summed E-state index contributed by atoms with van der Waals surface area (Å²) in [7, 11) is 0. The molecule has 1 aromatic heterocycles. The van der Waals surface area contributed by atoms with Gasteiger partial charge < -0.3 is 10.6 Å². The van der Waals surface area contributed by atoms with Gasteiger partial charge in [-0.15, -0.1) is 0 Å². The maximum absolute atomic E-state index is 10.5. The van der Waals surface area contributed by atoms with Gasteiger partial charge in [0.05, 0.1) is 4.92 Å². The Morgan fingerprint density at radius 3 is 2.76 bits per heavy atom. The summed E-state index contributed by atoms with van der Waals surface area (Å²) in [4.78, 5) is 20.1. The summed E-state index contributed by atoms with van der Waals surface area (Å²) in [6, 6.07) is 0.241. The van der Waals surface area contributed by atoms with Crippen molar-refractivity contribution in [3.05, 3.63) is 22.5 Å². The Hall–Kier alpha value is -1.76. The molecular formula is C10H15N5O2. The minimum Gasteiger partial charge on any atom is -0.337 e. The number of nitro groups is 1. The number of aromatic nitrogens is 2. The molecule has 0 aromatic carbocycles. The Morgan fingerprint density at radius 2 is 2.18 bits per heavy atom. The molecular weight excluding hydrogens is 222 g/mol. The molecule has 92 valence electrons. The Labute approximate surface area is 98.8 Å². The quantitative estimate of drug-likeness (QED) is 0.613. The predicted octanol–water partition coefficient (Wildman–Crippen LogP) is 0.702. The highest BCUT2D eigenvalue weighted by atomic mass is 16.6. The first kappa shape index (κ1) is 11.7. The lowest BCUT2D eigenvalue weighted by Gasteiger charge is -2.34. The van der Waals surface area contributed by atoms with Gasteiger partial charge in [-0.05, 0) is 19.3 Å². The van der Waals surface area contributed by atoms with Gasteiger partial charge in [-0.25, -0.2) is 9.97 Å². The van der Waals surface area contributed by atoms with Crippen LogP contribution in [0.1, 0.15) is 19.3 Å². The molecule has 17 heavy (non-hydrogen) atoms. The lowest BCUT2D eigenvalue weighted by molar-refractivity contribution is -0.385. The van der Waals surface area contributed by atoms with Gasteiger partial charge in [-0.3, -0.25) is 10.1 Å². The zero-order chi connectivity index (χ0) is 12.3. The third kappa shape index (κ3) is 2.50. The van der Waals surface area contributed by atoms with Crippen molar-refractivity contribution in [2.24, 2.45) is 5.73 Å². The van der Waals surface area contributed by atoms with E-state index in [0.29, 0.717) is 12.5 Å². The summed E-state index contributed by atoms with van der Waals surface area (Å²) < 4.78 is 0. The van der Waals surface area contributed by atoms with Gasteiger partial charge in [-0.1, -0.05) is 0 Å². The van der Waals surface area contributed by atoms with Crippen molar-refractivity contribution in [2.75, 3.05) is 18.0 Å². The van der Waals surface area contributed by atoms with E-state index >= 15 is 0 Å². The summed E-state index contributed by atoms with van der Waals surface area (Å²) in [5.74, 6) is 0.533. The van der Waals surface area contributed by atoms with Crippen LogP contribution >= 0.6 is 0 Å². The molecule has 0 amide bonds. The van der Waals surface area contributed by atoms with Crippen LogP contribution in [0.25, 0.3) is 0 Å². The molecule has 1 saturated heterocycles. The summed E-state index contributed by atoms with van der Waals surface area (Å²) in [5.41, 5.74) is 5.62. The number of piperidine rings is 1. The molecule has 1 unspecified atom stereocenters. The van der Waals surface area contributed by atoms with E-state index in [9.17, 15) is 10.1 Å². The first-order valence-corrected chi connectivity index (χ1v) is 5.65. The summed E-state index contributed by atoms with van der Waals surface area (Å²) in [6.07, 6.45) is 5.74. The molecule has 2 heterocycles. The molecule has 0 spiro atoms. The van der Waals surface area contributed by atoms with Gasteiger partial charge in [0, 0.05) is 19.1 Å². The molecule has 2 rings (SSSR count). The smallest absolute Gasteiger partial charge is 0.305 e. The van der Waals surface area contributed by atoms with Crippen molar-refractivity contribution in [3.63, 3.8) is 0 Å². The Balaban J connectivity index is 2.17. The van der Waals surface area contributed by atoms with E-state index in [0.717, 1.165) is 25.8 Å². The van der Waals surface area contributed by atoms with Crippen molar-refractivity contribution >= 4 is 11.6 Å². The zero-order valence-corrected chi connectivity index (χ0v) is 9.45. The molecule has 1 atom stereocenters. The van der Waals surface area contributed by atoms with E-state index in [1.807, 2.05) is 4.90 Å². The van der Waals surface area contributed by atoms with Crippen molar-refractivity contribution in [1.29, 1.82) is 0 Å². The number of hydrogen-bond donors (Lipinski definition) is 1. The van der Waals surface area contributed by atoms with Crippen LogP contribution in [0.4, 0.5) is 11.6 Å². The van der Waals surface area contributed by atoms with Crippen LogP contribution in [0.2, 0.25) is 0 Å². The fourth-order valence-corrected chi connectivity index (χ4v) is 2.07. The maximum atomic E-state index is 10.5. The standard InChI is InChI=1S/C10H15N5O2/c11-5-8-3-1-2-4-14(8)10-12-6-9(7-13-10)15(16)17/h6-8H,1-5,11H2. The average Bonchev–Trinajstić information content (AvgIpc) is 2.39. The van der Waals surface area contributed by atoms with Crippen LogP contribution < -0.4 is 10.6 Å². The number of nitrogens with two attached hydrogens (primary N) is 1. The number of hydrogen-bond acceptors (Lipinski definition) is 6. The third-order valence-electron chi connectivity index (χ3n) is 2.99. The molecule has 1 fully saturated rings. The van der Waals surface area contributed by atoms with E-state index in [4.69, 9.17) is 5.73 Å². The van der Waals surface area contributed by atoms with E-state index in [1.54, 1.807) is 0 Å².